The third-order valence-electron chi connectivity index (χ3n) is 5.87. The Hall–Kier alpha value is -4.41. The summed E-state index contributed by atoms with van der Waals surface area (Å²) in [4.78, 5) is 55.6. The predicted octanol–water partition coefficient (Wildman–Crippen LogP) is 5.33. The van der Waals surface area contributed by atoms with Gasteiger partial charge in [0.25, 0.3) is 11.5 Å². The summed E-state index contributed by atoms with van der Waals surface area (Å²) in [6, 6.07) is 8.50. The molecule has 0 atom stereocenters. The molecule has 0 bridgehead atoms. The van der Waals surface area contributed by atoms with E-state index in [2.05, 4.69) is 15.6 Å². The van der Waals surface area contributed by atoms with E-state index in [4.69, 9.17) is 9.47 Å². The van der Waals surface area contributed by atoms with Gasteiger partial charge in [0.15, 0.2) is 0 Å². The fourth-order valence-corrected chi connectivity index (χ4v) is 4.06. The van der Waals surface area contributed by atoms with Crippen molar-refractivity contribution in [2.24, 2.45) is 0 Å². The highest BCUT2D eigenvalue weighted by Gasteiger charge is 2.24. The minimum absolute atomic E-state index is 0.0586. The summed E-state index contributed by atoms with van der Waals surface area (Å²) >= 11 is 0. The van der Waals surface area contributed by atoms with Gasteiger partial charge in [0.2, 0.25) is 0 Å². The van der Waals surface area contributed by atoms with E-state index >= 15 is 0 Å². The van der Waals surface area contributed by atoms with Gasteiger partial charge in [-0.2, -0.15) is 0 Å². The summed E-state index contributed by atoms with van der Waals surface area (Å²) in [5.74, 6) is -1.82. The van der Waals surface area contributed by atoms with E-state index in [-0.39, 0.29) is 24.1 Å². The molecule has 0 fully saturated rings. The molecule has 0 unspecified atom stereocenters. The summed E-state index contributed by atoms with van der Waals surface area (Å²) in [5, 5.41) is 5.85. The van der Waals surface area contributed by atoms with Crippen LogP contribution in [0.3, 0.4) is 0 Å². The largest absolute Gasteiger partial charge is 0.456 e. The lowest BCUT2D eigenvalue weighted by atomic mass is 9.98. The van der Waals surface area contributed by atoms with Crippen LogP contribution in [0.2, 0.25) is 0 Å². The Labute approximate surface area is 238 Å². The Morgan fingerprint density at radius 2 is 1.59 bits per heavy atom. The molecule has 41 heavy (non-hydrogen) atoms. The smallest absolute Gasteiger partial charge is 0.410 e. The Morgan fingerprint density at radius 3 is 2.15 bits per heavy atom. The molecular formula is C30H37FN4O6. The van der Waals surface area contributed by atoms with Crippen LogP contribution in [-0.4, -0.2) is 59.7 Å². The topological polar surface area (TPSA) is 130 Å². The van der Waals surface area contributed by atoms with Crippen molar-refractivity contribution in [3.05, 3.63) is 69.3 Å². The number of benzene rings is 2. The van der Waals surface area contributed by atoms with Gasteiger partial charge in [-0.3, -0.25) is 9.59 Å². The monoisotopic (exact) mass is 568 g/mol. The molecule has 3 aromatic rings. The Balaban J connectivity index is 1.99. The Bertz CT molecular complexity index is 1520. The lowest BCUT2D eigenvalue weighted by Gasteiger charge is -2.25. The lowest BCUT2D eigenvalue weighted by Crippen LogP contribution is -2.36. The van der Waals surface area contributed by atoms with Crippen molar-refractivity contribution in [3.8, 4) is 0 Å². The molecule has 1 aromatic heterocycles. The lowest BCUT2D eigenvalue weighted by molar-refractivity contribution is 0.00689. The molecule has 0 spiro atoms. The number of fused-ring (bicyclic) bond motifs is 1. The third-order valence-corrected chi connectivity index (χ3v) is 5.87. The van der Waals surface area contributed by atoms with E-state index in [0.717, 1.165) is 0 Å². The van der Waals surface area contributed by atoms with Gasteiger partial charge in [-0.1, -0.05) is 0 Å². The summed E-state index contributed by atoms with van der Waals surface area (Å²) in [5.41, 5.74) is -0.736. The molecule has 1 heterocycles. The molecule has 0 aliphatic rings. The maximum absolute atomic E-state index is 14.6. The quantitative estimate of drug-likeness (QED) is 0.329. The van der Waals surface area contributed by atoms with Crippen molar-refractivity contribution in [1.29, 1.82) is 0 Å². The summed E-state index contributed by atoms with van der Waals surface area (Å²) < 4.78 is 25.4. The average Bonchev–Trinajstić information content (AvgIpc) is 2.85. The number of rotatable bonds is 7. The first kappa shape index (κ1) is 31.1. The van der Waals surface area contributed by atoms with Gasteiger partial charge in [-0.15, -0.1) is 0 Å². The van der Waals surface area contributed by atoms with Crippen LogP contribution in [0.25, 0.3) is 10.9 Å². The van der Waals surface area contributed by atoms with Crippen molar-refractivity contribution >= 4 is 40.2 Å². The second-order valence-corrected chi connectivity index (χ2v) is 11.6. The second-order valence-electron chi connectivity index (χ2n) is 11.6. The highest BCUT2D eigenvalue weighted by atomic mass is 19.1. The van der Waals surface area contributed by atoms with E-state index in [9.17, 15) is 23.6 Å². The number of nitrogens with one attached hydrogen (secondary N) is 3. The molecule has 0 radical (unpaired) electrons. The second kappa shape index (κ2) is 12.0. The summed E-state index contributed by atoms with van der Waals surface area (Å²) in [7, 11) is 3.12. The van der Waals surface area contributed by atoms with E-state index in [1.165, 1.54) is 48.3 Å². The number of carbonyl (C=O) groups excluding carboxylic acids is 3. The highest BCUT2D eigenvalue weighted by molar-refractivity contribution is 6.08. The number of halogens is 1. The van der Waals surface area contributed by atoms with Crippen molar-refractivity contribution in [1.82, 2.24) is 9.88 Å². The molecule has 0 saturated carbocycles. The minimum atomic E-state index is -0.733. The van der Waals surface area contributed by atoms with Crippen LogP contribution >= 0.6 is 0 Å². The molecule has 0 aliphatic heterocycles. The third kappa shape index (κ3) is 8.06. The van der Waals surface area contributed by atoms with Crippen LogP contribution in [-0.2, 0) is 15.9 Å². The zero-order valence-electron chi connectivity index (χ0n) is 24.7. The van der Waals surface area contributed by atoms with Gasteiger partial charge in [0.1, 0.15) is 22.6 Å². The molecule has 11 heteroatoms. The molecule has 10 nitrogen and oxygen atoms in total. The number of pyridine rings is 1. The molecular weight excluding hydrogens is 531 g/mol. The summed E-state index contributed by atoms with van der Waals surface area (Å²) in [6.45, 7) is 10.6. The zero-order valence-corrected chi connectivity index (χ0v) is 24.7. The highest BCUT2D eigenvalue weighted by Crippen LogP contribution is 2.28. The average molecular weight is 569 g/mol. The van der Waals surface area contributed by atoms with Gasteiger partial charge < -0.3 is 30.0 Å². The van der Waals surface area contributed by atoms with E-state index in [1.54, 1.807) is 48.6 Å². The molecule has 0 saturated heterocycles. The molecule has 220 valence electrons. The first-order valence-corrected chi connectivity index (χ1v) is 13.1. The van der Waals surface area contributed by atoms with Crippen LogP contribution in [0.5, 0.6) is 0 Å². The number of nitrogens with zero attached hydrogens (tertiary/aromatic N) is 1. The van der Waals surface area contributed by atoms with Crippen LogP contribution in [0.15, 0.2) is 41.2 Å². The maximum Gasteiger partial charge on any atom is 0.410 e. The number of H-pyrrole nitrogens is 1. The van der Waals surface area contributed by atoms with E-state index in [0.29, 0.717) is 27.8 Å². The minimum Gasteiger partial charge on any atom is -0.456 e. The first-order valence-electron chi connectivity index (χ1n) is 13.1. The number of aromatic nitrogens is 1. The van der Waals surface area contributed by atoms with Gasteiger partial charge in [0, 0.05) is 31.7 Å². The fraction of sp³-hybridized carbons (Fsp3) is 0.400. The molecule has 2 amide bonds. The normalized spacial score (nSPS) is 11.6. The molecule has 2 aromatic carbocycles. The molecule has 3 rings (SSSR count). The number of ether oxygens (including phenoxy) is 2. The zero-order chi connectivity index (χ0) is 30.7. The summed E-state index contributed by atoms with van der Waals surface area (Å²) in [6.07, 6.45) is -0.520. The standard InChI is InChI=1S/C30H37FN4O6/c1-29(2,3)40-27(38)17-9-11-19(12-10-17)33-25(36)23-20(13-14-35(8)28(39)41-30(4,5)6)21-15-18(31)16-22(32-7)24(21)34-26(23)37/h9-12,15-16,32H,13-14H2,1-8H3,(H,33,36)(H,34,37). The molecule has 0 aliphatic carbocycles. The first-order chi connectivity index (χ1) is 19.0. The van der Waals surface area contributed by atoms with Gasteiger partial charge in [0.05, 0.1) is 16.8 Å². The van der Waals surface area contributed by atoms with Crippen LogP contribution in [0, 0.1) is 5.82 Å². The van der Waals surface area contributed by atoms with Crippen LogP contribution in [0.4, 0.5) is 20.6 Å². The number of amides is 2. The van der Waals surface area contributed by atoms with Gasteiger partial charge in [-0.05, 0) is 89.9 Å². The van der Waals surface area contributed by atoms with E-state index in [1.807, 2.05) is 0 Å². The predicted molar refractivity (Wildman–Crippen MR) is 156 cm³/mol. The number of carbonyl (C=O) groups is 3. The Kier molecular flexibility index (Phi) is 9.10. The number of anilines is 2. The van der Waals surface area contributed by atoms with Gasteiger partial charge >= 0.3 is 12.1 Å². The molecule has 3 N–H and O–H groups in total. The number of esters is 1. The van der Waals surface area contributed by atoms with E-state index < -0.39 is 40.5 Å². The van der Waals surface area contributed by atoms with Crippen molar-refractivity contribution in [2.45, 2.75) is 59.2 Å². The van der Waals surface area contributed by atoms with Crippen molar-refractivity contribution in [3.63, 3.8) is 0 Å². The number of aromatic amines is 1. The maximum atomic E-state index is 14.6. The van der Waals surface area contributed by atoms with Gasteiger partial charge in [-0.25, -0.2) is 14.0 Å². The fourth-order valence-electron chi connectivity index (χ4n) is 4.06. The number of likely N-dealkylation sites (N-methyl/N-ethyl adjacent to an activating group) is 1. The number of hydrogen-bond donors (Lipinski definition) is 3. The van der Waals surface area contributed by atoms with Crippen LogP contribution < -0.4 is 16.2 Å². The number of hydrogen-bond acceptors (Lipinski definition) is 7. The van der Waals surface area contributed by atoms with Crippen molar-refractivity contribution < 1.29 is 28.2 Å². The SMILES string of the molecule is CNc1cc(F)cc2c(CCN(C)C(=O)OC(C)(C)C)c(C(=O)Nc3ccc(C(=O)OC(C)(C)C)cc3)c(=O)[nH]c12. The van der Waals surface area contributed by atoms with Crippen LogP contribution in [0.1, 0.15) is 67.8 Å². The van der Waals surface area contributed by atoms with Crippen molar-refractivity contribution in [2.75, 3.05) is 31.3 Å². The Morgan fingerprint density at radius 1 is 0.976 bits per heavy atom.